The van der Waals surface area contributed by atoms with E-state index in [0.717, 1.165) is 0 Å². The van der Waals surface area contributed by atoms with Crippen molar-refractivity contribution in [2.75, 3.05) is 0 Å². The van der Waals surface area contributed by atoms with Crippen molar-refractivity contribution in [3.8, 4) is 0 Å². The molecule has 0 amide bonds. The van der Waals surface area contributed by atoms with Crippen molar-refractivity contribution in [2.24, 2.45) is 0 Å². The summed E-state index contributed by atoms with van der Waals surface area (Å²) in [5, 5.41) is 32.5. The number of benzene rings is 1. The lowest BCUT2D eigenvalue weighted by molar-refractivity contribution is -0.392. The summed E-state index contributed by atoms with van der Waals surface area (Å²) in [6.07, 6.45) is -13.2. The molecule has 0 aliphatic carbocycles. The minimum absolute atomic E-state index is 0.0192. The second-order valence-corrected chi connectivity index (χ2v) is 7.14. The largest absolute Gasteiger partial charge is 0.478 e. The van der Waals surface area contributed by atoms with Crippen LogP contribution < -0.4 is 0 Å². The summed E-state index contributed by atoms with van der Waals surface area (Å²) in [6, 6.07) is -1.07. The molecule has 0 aliphatic heterocycles. The number of hydrogen-bond donors (Lipinski definition) is 4. The average molecular weight is 582 g/mol. The quantitative estimate of drug-likeness (QED) is 0.256. The predicted octanol–water partition coefficient (Wildman–Crippen LogP) is 5.61. The van der Waals surface area contributed by atoms with Crippen LogP contribution in [0.3, 0.4) is 0 Å². The topological polar surface area (TPSA) is 115 Å². The van der Waals surface area contributed by atoms with Gasteiger partial charge in [-0.25, -0.2) is 9.59 Å². The molecule has 0 saturated heterocycles. The van der Waals surface area contributed by atoms with Crippen LogP contribution in [0.15, 0.2) is 48.6 Å². The lowest BCUT2D eigenvalue weighted by atomic mass is 9.94. The molecule has 0 fully saturated rings. The Hall–Kier alpha value is -3.28. The average Bonchev–Trinajstić information content (AvgIpc) is 2.72. The van der Waals surface area contributed by atoms with Crippen molar-refractivity contribution in [2.45, 2.75) is 49.8 Å². The summed E-state index contributed by atoms with van der Waals surface area (Å²) < 4.78 is 154. The monoisotopic (exact) mass is 582 g/mol. The SMILES string of the molecule is C=C(C)C(=O)O.C=C(C)C(=O)O.OC(F)(C(F)(F)F)C(F)(F)c1cccc(C(F)(F)C(O)(F)C(F)(F)F)c1. The van der Waals surface area contributed by atoms with E-state index in [1.807, 2.05) is 0 Å². The van der Waals surface area contributed by atoms with Crippen molar-refractivity contribution >= 4 is 11.9 Å². The fourth-order valence-electron chi connectivity index (χ4n) is 1.65. The summed E-state index contributed by atoms with van der Waals surface area (Å²) in [4.78, 5) is 19.2. The zero-order valence-electron chi connectivity index (χ0n) is 18.9. The lowest BCUT2D eigenvalue weighted by Gasteiger charge is -2.32. The van der Waals surface area contributed by atoms with Crippen molar-refractivity contribution in [1.82, 2.24) is 0 Å². The van der Waals surface area contributed by atoms with Crippen LogP contribution in [-0.4, -0.2) is 56.4 Å². The van der Waals surface area contributed by atoms with E-state index in [1.54, 1.807) is 0 Å². The standard InChI is InChI=1S/C12H6F12O2.2C4H6O2/c13-7(14,9(17,25)11(19,20)21)5-2-1-3-6(4-5)8(15,16)10(18,26)12(22,23)24;2*1-3(2)4(5)6/h1-4,25-26H;2*1H2,2H3,(H,5,6). The molecule has 2 atom stereocenters. The Bertz CT molecular complexity index is 925. The Labute approximate surface area is 205 Å². The van der Waals surface area contributed by atoms with E-state index in [0.29, 0.717) is 0 Å². The lowest BCUT2D eigenvalue weighted by Crippen LogP contribution is -2.54. The number of hydrogen-bond acceptors (Lipinski definition) is 4. The van der Waals surface area contributed by atoms with Crippen LogP contribution in [-0.2, 0) is 21.4 Å². The van der Waals surface area contributed by atoms with Crippen molar-refractivity contribution < 1.29 is 82.7 Å². The molecule has 4 N–H and O–H groups in total. The Kier molecular flexibility index (Phi) is 11.7. The highest BCUT2D eigenvalue weighted by Gasteiger charge is 2.73. The van der Waals surface area contributed by atoms with Crippen LogP contribution in [0.1, 0.15) is 25.0 Å². The number of carbonyl (C=O) groups is 2. The van der Waals surface area contributed by atoms with Gasteiger partial charge in [0.15, 0.2) is 0 Å². The van der Waals surface area contributed by atoms with E-state index < -0.39 is 65.0 Å². The van der Waals surface area contributed by atoms with Crippen molar-refractivity contribution in [3.05, 3.63) is 59.7 Å². The Balaban J connectivity index is 0. The highest BCUT2D eigenvalue weighted by molar-refractivity contribution is 5.85. The number of alkyl halides is 12. The molecule has 38 heavy (non-hydrogen) atoms. The number of aliphatic carboxylic acids is 2. The van der Waals surface area contributed by atoms with Gasteiger partial charge in [-0.2, -0.15) is 52.7 Å². The molecule has 0 spiro atoms. The van der Waals surface area contributed by atoms with Gasteiger partial charge in [0.2, 0.25) is 0 Å². The second-order valence-electron chi connectivity index (χ2n) is 7.14. The highest BCUT2D eigenvalue weighted by atomic mass is 19.4. The minimum atomic E-state index is -6.62. The summed E-state index contributed by atoms with van der Waals surface area (Å²) >= 11 is 0. The van der Waals surface area contributed by atoms with E-state index in [9.17, 15) is 62.3 Å². The first-order chi connectivity index (χ1) is 16.5. The number of aliphatic hydroxyl groups is 2. The molecule has 0 heterocycles. The van der Waals surface area contributed by atoms with Gasteiger partial charge >= 0.3 is 47.8 Å². The van der Waals surface area contributed by atoms with Crippen LogP contribution in [0.5, 0.6) is 0 Å². The smallest absolute Gasteiger partial charge is 0.455 e. The summed E-state index contributed by atoms with van der Waals surface area (Å²) in [5.41, 5.74) is -4.35. The number of halogens is 12. The van der Waals surface area contributed by atoms with Gasteiger partial charge in [0, 0.05) is 22.3 Å². The van der Waals surface area contributed by atoms with Crippen LogP contribution in [0.2, 0.25) is 0 Å². The van der Waals surface area contributed by atoms with Crippen LogP contribution >= 0.6 is 0 Å². The molecule has 0 bridgehead atoms. The highest BCUT2D eigenvalue weighted by Crippen LogP contribution is 2.52. The number of carboxylic acids is 2. The minimum Gasteiger partial charge on any atom is -0.478 e. The number of carboxylic acid groups (broad SMARTS) is 2. The van der Waals surface area contributed by atoms with E-state index >= 15 is 0 Å². The van der Waals surface area contributed by atoms with Gasteiger partial charge in [-0.05, 0) is 19.9 Å². The van der Waals surface area contributed by atoms with E-state index in [2.05, 4.69) is 13.2 Å². The van der Waals surface area contributed by atoms with Gasteiger partial charge in [-0.15, -0.1) is 0 Å². The molecule has 0 saturated carbocycles. The molecular weight excluding hydrogens is 564 g/mol. The predicted molar refractivity (Wildman–Crippen MR) is 103 cm³/mol. The van der Waals surface area contributed by atoms with E-state index in [-0.39, 0.29) is 29.3 Å². The van der Waals surface area contributed by atoms with Gasteiger partial charge in [0.1, 0.15) is 0 Å². The third kappa shape index (κ3) is 8.37. The molecule has 1 rings (SSSR count). The Morgan fingerprint density at radius 3 is 1.00 bits per heavy atom. The molecule has 2 unspecified atom stereocenters. The molecule has 0 radical (unpaired) electrons. The van der Waals surface area contributed by atoms with Crippen molar-refractivity contribution in [1.29, 1.82) is 0 Å². The zero-order valence-corrected chi connectivity index (χ0v) is 18.9. The second kappa shape index (κ2) is 12.1. The Morgan fingerprint density at radius 2 is 0.842 bits per heavy atom. The molecule has 0 aliphatic rings. The van der Waals surface area contributed by atoms with Gasteiger partial charge in [0.25, 0.3) is 0 Å². The fraction of sp³-hybridized carbons (Fsp3) is 0.400. The maximum Gasteiger partial charge on any atom is 0.455 e. The molecule has 6 nitrogen and oxygen atoms in total. The normalized spacial score (nSPS) is 15.4. The van der Waals surface area contributed by atoms with Gasteiger partial charge < -0.3 is 20.4 Å². The third-order valence-electron chi connectivity index (χ3n) is 3.90. The van der Waals surface area contributed by atoms with Crippen LogP contribution in [0.25, 0.3) is 0 Å². The molecule has 1 aromatic rings. The summed E-state index contributed by atoms with van der Waals surface area (Å²) in [6.45, 7) is 9.20. The van der Waals surface area contributed by atoms with Gasteiger partial charge in [-0.1, -0.05) is 31.4 Å². The Morgan fingerprint density at radius 1 is 0.632 bits per heavy atom. The molecule has 0 aromatic heterocycles. The zero-order chi connectivity index (χ0) is 31.3. The van der Waals surface area contributed by atoms with Crippen LogP contribution in [0.4, 0.5) is 52.7 Å². The van der Waals surface area contributed by atoms with Crippen LogP contribution in [0, 0.1) is 0 Å². The molecule has 18 heteroatoms. The first-order valence-electron chi connectivity index (χ1n) is 9.10. The third-order valence-corrected chi connectivity index (χ3v) is 3.90. The summed E-state index contributed by atoms with van der Waals surface area (Å²) in [7, 11) is 0. The fourth-order valence-corrected chi connectivity index (χ4v) is 1.65. The maximum absolute atomic E-state index is 13.6. The first kappa shape index (κ1) is 36.9. The molecule has 218 valence electrons. The molecular formula is C20H18F12O6. The first-order valence-corrected chi connectivity index (χ1v) is 9.10. The van der Waals surface area contributed by atoms with Gasteiger partial charge in [0.05, 0.1) is 0 Å². The van der Waals surface area contributed by atoms with Crippen molar-refractivity contribution in [3.63, 3.8) is 0 Å². The number of rotatable bonds is 6. The van der Waals surface area contributed by atoms with Gasteiger partial charge in [-0.3, -0.25) is 0 Å². The maximum atomic E-state index is 13.6. The van der Waals surface area contributed by atoms with E-state index in [1.165, 1.54) is 13.8 Å². The summed E-state index contributed by atoms with van der Waals surface area (Å²) in [5.74, 6) is -26.4. The van der Waals surface area contributed by atoms with E-state index in [4.69, 9.17) is 20.4 Å². The molecule has 1 aromatic carbocycles.